The van der Waals surface area contributed by atoms with E-state index >= 15 is 0 Å². The number of rotatable bonds is 4. The normalized spacial score (nSPS) is 19.0. The molecule has 0 aliphatic carbocycles. The molecule has 1 saturated heterocycles. The summed E-state index contributed by atoms with van der Waals surface area (Å²) in [5.41, 5.74) is 5.80. The Morgan fingerprint density at radius 1 is 1.45 bits per heavy atom. The molecule has 5 nitrogen and oxygen atoms in total. The van der Waals surface area contributed by atoms with Crippen LogP contribution in [0.2, 0.25) is 0 Å². The zero-order valence-electron chi connectivity index (χ0n) is 12.4. The van der Waals surface area contributed by atoms with Crippen LogP contribution in [0.15, 0.2) is 29.5 Å². The molecule has 0 aromatic heterocycles. The Morgan fingerprint density at radius 3 is 2.75 bits per heavy atom. The van der Waals surface area contributed by atoms with Crippen molar-refractivity contribution in [1.82, 2.24) is 15.8 Å². The maximum atomic E-state index is 12.0. The third-order valence-electron chi connectivity index (χ3n) is 3.09. The van der Waals surface area contributed by atoms with Gasteiger partial charge in [0.1, 0.15) is 0 Å². The van der Waals surface area contributed by atoms with Crippen LogP contribution >= 0.6 is 11.6 Å². The number of nitrogens with one attached hydrogen (secondary N) is 2. The molecule has 1 rings (SSSR count). The van der Waals surface area contributed by atoms with Crippen molar-refractivity contribution in [2.75, 3.05) is 13.1 Å². The highest BCUT2D eigenvalue weighted by atomic mass is 35.5. The van der Waals surface area contributed by atoms with Gasteiger partial charge < -0.3 is 4.90 Å². The molecular formula is C14H23ClN4O. The summed E-state index contributed by atoms with van der Waals surface area (Å²) in [6.45, 7) is 11.4. The first kappa shape index (κ1) is 16.6. The number of urea groups is 1. The summed E-state index contributed by atoms with van der Waals surface area (Å²) < 4.78 is 0. The number of carbonyl (C=O) groups excluding carboxylic acids is 1. The van der Waals surface area contributed by atoms with E-state index in [4.69, 9.17) is 11.6 Å². The molecule has 0 aromatic rings. The lowest BCUT2D eigenvalue weighted by Gasteiger charge is -2.37. The molecule has 0 bridgehead atoms. The van der Waals surface area contributed by atoms with Crippen molar-refractivity contribution >= 4 is 22.8 Å². The zero-order valence-corrected chi connectivity index (χ0v) is 13.1. The van der Waals surface area contributed by atoms with Gasteiger partial charge in [-0.2, -0.15) is 0 Å². The molecule has 0 unspecified atom stereocenters. The zero-order chi connectivity index (χ0) is 15.2. The van der Waals surface area contributed by atoms with Crippen LogP contribution in [0, 0.1) is 5.41 Å². The molecule has 1 aliphatic rings. The molecule has 0 saturated carbocycles. The van der Waals surface area contributed by atoms with Crippen molar-refractivity contribution in [2.24, 2.45) is 10.4 Å². The Labute approximate surface area is 125 Å². The standard InChI is InChI=1S/C14H23ClN4O/c1-5-8-16-12(15)11(2)17-18-13(20)19-9-6-7-14(3,4)10-19/h5,8,17H,2,6-7,9-10H2,1,3-4H3,(H,18,20)/b8-5-,16-12?. The summed E-state index contributed by atoms with van der Waals surface area (Å²) >= 11 is 5.90. The Balaban J connectivity index is 2.45. The van der Waals surface area contributed by atoms with Crippen LogP contribution in [0.4, 0.5) is 4.79 Å². The molecule has 6 heteroatoms. The molecule has 0 aromatic carbocycles. The van der Waals surface area contributed by atoms with Gasteiger partial charge in [0.15, 0.2) is 5.17 Å². The molecular weight excluding hydrogens is 276 g/mol. The topological polar surface area (TPSA) is 56.7 Å². The average molecular weight is 299 g/mol. The number of allylic oxidation sites excluding steroid dienone is 2. The Kier molecular flexibility index (Phi) is 6.07. The Morgan fingerprint density at radius 2 is 2.15 bits per heavy atom. The fraction of sp³-hybridized carbons (Fsp3) is 0.571. The van der Waals surface area contributed by atoms with Gasteiger partial charge in [0, 0.05) is 19.3 Å². The van der Waals surface area contributed by atoms with Crippen molar-refractivity contribution in [3.05, 3.63) is 24.6 Å². The minimum atomic E-state index is -0.172. The number of nitrogens with zero attached hydrogens (tertiary/aromatic N) is 2. The minimum Gasteiger partial charge on any atom is -0.323 e. The molecule has 2 amide bonds. The van der Waals surface area contributed by atoms with Gasteiger partial charge in [-0.3, -0.25) is 10.9 Å². The van der Waals surface area contributed by atoms with E-state index in [2.05, 4.69) is 36.3 Å². The molecule has 20 heavy (non-hydrogen) atoms. The Hall–Kier alpha value is -1.49. The summed E-state index contributed by atoms with van der Waals surface area (Å²) in [5.74, 6) is 0. The number of hydrogen-bond acceptors (Lipinski definition) is 3. The molecule has 0 spiro atoms. The second-order valence-electron chi connectivity index (χ2n) is 5.63. The number of hydrazine groups is 1. The van der Waals surface area contributed by atoms with Gasteiger partial charge in [0.05, 0.1) is 5.70 Å². The molecule has 1 fully saturated rings. The van der Waals surface area contributed by atoms with Crippen LogP contribution in [-0.4, -0.2) is 29.2 Å². The molecule has 1 heterocycles. The summed E-state index contributed by atoms with van der Waals surface area (Å²) in [4.78, 5) is 17.8. The van der Waals surface area contributed by atoms with Crippen LogP contribution < -0.4 is 10.9 Å². The molecule has 112 valence electrons. The third-order valence-corrected chi connectivity index (χ3v) is 3.42. The monoisotopic (exact) mass is 298 g/mol. The van der Waals surface area contributed by atoms with Crippen LogP contribution in [0.1, 0.15) is 33.6 Å². The highest BCUT2D eigenvalue weighted by Crippen LogP contribution is 2.28. The van der Waals surface area contributed by atoms with Gasteiger partial charge in [0.2, 0.25) is 0 Å². The highest BCUT2D eigenvalue weighted by molar-refractivity contribution is 6.69. The van der Waals surface area contributed by atoms with Crippen molar-refractivity contribution < 1.29 is 4.79 Å². The molecule has 2 N–H and O–H groups in total. The minimum absolute atomic E-state index is 0.164. The van der Waals surface area contributed by atoms with Gasteiger partial charge in [-0.15, -0.1) is 0 Å². The first-order chi connectivity index (χ1) is 9.35. The summed E-state index contributed by atoms with van der Waals surface area (Å²) in [6.07, 6.45) is 5.47. The van der Waals surface area contributed by atoms with Crippen LogP contribution in [0.3, 0.4) is 0 Å². The predicted molar refractivity (Wildman–Crippen MR) is 83.5 cm³/mol. The predicted octanol–water partition coefficient (Wildman–Crippen LogP) is 3.01. The fourth-order valence-electron chi connectivity index (χ4n) is 2.07. The van der Waals surface area contributed by atoms with Crippen molar-refractivity contribution in [2.45, 2.75) is 33.6 Å². The lowest BCUT2D eigenvalue weighted by atomic mass is 9.84. The van der Waals surface area contributed by atoms with Gasteiger partial charge in [0.25, 0.3) is 0 Å². The van der Waals surface area contributed by atoms with E-state index in [9.17, 15) is 4.79 Å². The van der Waals surface area contributed by atoms with Gasteiger partial charge >= 0.3 is 6.03 Å². The SMILES string of the molecule is C=C(NNC(=O)N1CCCC(C)(C)C1)C(Cl)=N/C=C\C. The number of amides is 2. The number of aliphatic imine (C=N–C) groups is 1. The number of likely N-dealkylation sites (tertiary alicyclic amines) is 1. The largest absolute Gasteiger partial charge is 0.336 e. The maximum absolute atomic E-state index is 12.0. The molecule has 0 atom stereocenters. The first-order valence-electron chi connectivity index (χ1n) is 6.70. The smallest absolute Gasteiger partial charge is 0.323 e. The van der Waals surface area contributed by atoms with E-state index in [0.717, 1.165) is 25.9 Å². The van der Waals surface area contributed by atoms with Crippen LogP contribution in [0.25, 0.3) is 0 Å². The van der Waals surface area contributed by atoms with E-state index in [-0.39, 0.29) is 16.6 Å². The second kappa shape index (κ2) is 7.33. The van der Waals surface area contributed by atoms with E-state index in [1.54, 1.807) is 17.2 Å². The second-order valence-corrected chi connectivity index (χ2v) is 5.98. The average Bonchev–Trinajstić information content (AvgIpc) is 2.40. The van der Waals surface area contributed by atoms with Crippen LogP contribution in [-0.2, 0) is 0 Å². The van der Waals surface area contributed by atoms with Crippen molar-refractivity contribution in [3.8, 4) is 0 Å². The number of halogens is 1. The first-order valence-corrected chi connectivity index (χ1v) is 7.08. The lowest BCUT2D eigenvalue weighted by molar-refractivity contribution is 0.127. The number of carbonyl (C=O) groups is 1. The summed E-state index contributed by atoms with van der Waals surface area (Å²) in [7, 11) is 0. The van der Waals surface area contributed by atoms with E-state index in [1.165, 1.54) is 0 Å². The fourth-order valence-corrected chi connectivity index (χ4v) is 2.18. The van der Waals surface area contributed by atoms with Gasteiger partial charge in [-0.05, 0) is 25.2 Å². The van der Waals surface area contributed by atoms with E-state index < -0.39 is 0 Å². The summed E-state index contributed by atoms with van der Waals surface area (Å²) in [5, 5.41) is 0.211. The highest BCUT2D eigenvalue weighted by Gasteiger charge is 2.29. The molecule has 1 aliphatic heterocycles. The van der Waals surface area contributed by atoms with E-state index in [1.807, 2.05) is 6.92 Å². The van der Waals surface area contributed by atoms with Gasteiger partial charge in [-0.1, -0.05) is 38.1 Å². The third kappa shape index (κ3) is 5.25. The van der Waals surface area contributed by atoms with Crippen molar-refractivity contribution in [1.29, 1.82) is 0 Å². The van der Waals surface area contributed by atoms with Crippen molar-refractivity contribution in [3.63, 3.8) is 0 Å². The summed E-state index contributed by atoms with van der Waals surface area (Å²) in [6, 6.07) is -0.172. The quantitative estimate of drug-likeness (QED) is 0.619. The maximum Gasteiger partial charge on any atom is 0.336 e. The Bertz CT molecular complexity index is 429. The lowest BCUT2D eigenvalue weighted by Crippen LogP contribution is -2.51. The molecule has 0 radical (unpaired) electrons. The number of hydrogen-bond donors (Lipinski definition) is 2. The van der Waals surface area contributed by atoms with E-state index in [0.29, 0.717) is 5.70 Å². The van der Waals surface area contributed by atoms with Crippen LogP contribution in [0.5, 0.6) is 0 Å². The van der Waals surface area contributed by atoms with Gasteiger partial charge in [-0.25, -0.2) is 9.79 Å². The number of piperidine rings is 1.